The van der Waals surface area contributed by atoms with E-state index in [1.54, 1.807) is 29.2 Å². The number of hydrogen-bond donors (Lipinski definition) is 2. The smallest absolute Gasteiger partial charge is 0.328 e. The highest BCUT2D eigenvalue weighted by molar-refractivity contribution is 7.98. The third-order valence-corrected chi connectivity index (χ3v) is 3.98. The number of thioether (sulfide) groups is 1. The van der Waals surface area contributed by atoms with Gasteiger partial charge in [0.15, 0.2) is 5.16 Å². The molecule has 7 heteroatoms. The number of aromatic nitrogens is 3. The highest BCUT2D eigenvalue weighted by Crippen LogP contribution is 2.25. The molecule has 0 fully saturated rings. The Bertz CT molecular complexity index is 519. The van der Waals surface area contributed by atoms with Gasteiger partial charge in [-0.05, 0) is 18.2 Å². The maximum absolute atomic E-state index is 10.4. The molecule has 2 rings (SSSR count). The number of aliphatic carboxylic acids is 1. The Kier molecular flexibility index (Phi) is 3.94. The minimum absolute atomic E-state index is 0.779. The molecule has 0 spiro atoms. The average molecular weight is 267 g/mol. The topological polar surface area (TPSA) is 78.9 Å². The fourth-order valence-electron chi connectivity index (χ4n) is 1.12. The summed E-state index contributed by atoms with van der Waals surface area (Å²) in [6.45, 7) is 0. The molecule has 0 radical (unpaired) electrons. The molecule has 2 aromatic heterocycles. The van der Waals surface area contributed by atoms with Crippen LogP contribution in [0.5, 0.6) is 0 Å². The van der Waals surface area contributed by atoms with Crippen molar-refractivity contribution in [2.24, 2.45) is 0 Å². The van der Waals surface area contributed by atoms with Crippen LogP contribution in [0.1, 0.15) is 9.75 Å². The second-order valence-electron chi connectivity index (χ2n) is 3.05. The standard InChI is InChI=1S/C10H9N3O2S2/c14-9(15)4-3-7-1-2-8(17-7)5-16-10-11-6-12-13-10/h1-4,6H,5H2,(H,14,15)(H,11,12,13). The van der Waals surface area contributed by atoms with Crippen molar-refractivity contribution < 1.29 is 9.90 Å². The van der Waals surface area contributed by atoms with Gasteiger partial charge in [-0.1, -0.05) is 11.8 Å². The van der Waals surface area contributed by atoms with Crippen molar-refractivity contribution in [3.05, 3.63) is 34.3 Å². The molecule has 0 aromatic carbocycles. The normalized spacial score (nSPS) is 11.1. The van der Waals surface area contributed by atoms with Crippen LogP contribution < -0.4 is 0 Å². The Morgan fingerprint density at radius 2 is 2.47 bits per heavy atom. The van der Waals surface area contributed by atoms with E-state index in [1.165, 1.54) is 6.33 Å². The number of H-pyrrole nitrogens is 1. The summed E-state index contributed by atoms with van der Waals surface area (Å²) < 4.78 is 0. The van der Waals surface area contributed by atoms with Crippen LogP contribution in [0.15, 0.2) is 29.7 Å². The molecule has 5 nitrogen and oxygen atoms in total. The van der Waals surface area contributed by atoms with Gasteiger partial charge >= 0.3 is 5.97 Å². The van der Waals surface area contributed by atoms with E-state index < -0.39 is 5.97 Å². The van der Waals surface area contributed by atoms with Crippen LogP contribution in [-0.4, -0.2) is 26.3 Å². The minimum atomic E-state index is -0.934. The zero-order valence-corrected chi connectivity index (χ0v) is 10.3. The van der Waals surface area contributed by atoms with Crippen LogP contribution in [0.25, 0.3) is 6.08 Å². The van der Waals surface area contributed by atoms with Gasteiger partial charge in [0, 0.05) is 21.6 Å². The molecule has 0 bridgehead atoms. The number of carboxylic acid groups (broad SMARTS) is 1. The van der Waals surface area contributed by atoms with Crippen LogP contribution in [0.3, 0.4) is 0 Å². The zero-order chi connectivity index (χ0) is 12.1. The molecule has 0 amide bonds. The lowest BCUT2D eigenvalue weighted by molar-refractivity contribution is -0.131. The maximum atomic E-state index is 10.4. The number of thiophene rings is 1. The quantitative estimate of drug-likeness (QED) is 0.641. The van der Waals surface area contributed by atoms with E-state index in [4.69, 9.17) is 5.11 Å². The maximum Gasteiger partial charge on any atom is 0.328 e. The Hall–Kier alpha value is -1.60. The molecular formula is C10H9N3O2S2. The van der Waals surface area contributed by atoms with Crippen molar-refractivity contribution in [2.45, 2.75) is 10.9 Å². The van der Waals surface area contributed by atoms with Crippen LogP contribution in [0.2, 0.25) is 0 Å². The number of nitrogens with zero attached hydrogens (tertiary/aromatic N) is 2. The summed E-state index contributed by atoms with van der Waals surface area (Å²) in [7, 11) is 0. The van der Waals surface area contributed by atoms with E-state index in [0.717, 1.165) is 26.7 Å². The third kappa shape index (κ3) is 3.72. The monoisotopic (exact) mass is 267 g/mol. The average Bonchev–Trinajstić information content (AvgIpc) is 2.95. The fraction of sp³-hybridized carbons (Fsp3) is 0.100. The van der Waals surface area contributed by atoms with Crippen molar-refractivity contribution >= 4 is 35.1 Å². The number of nitrogens with one attached hydrogen (secondary N) is 1. The Morgan fingerprint density at radius 1 is 1.59 bits per heavy atom. The molecule has 0 unspecified atom stereocenters. The molecule has 0 atom stereocenters. The summed E-state index contributed by atoms with van der Waals surface area (Å²) >= 11 is 3.12. The number of hydrogen-bond acceptors (Lipinski definition) is 5. The second kappa shape index (κ2) is 5.65. The lowest BCUT2D eigenvalue weighted by atomic mass is 10.4. The summed E-state index contributed by atoms with van der Waals surface area (Å²) in [5.41, 5.74) is 0. The van der Waals surface area contributed by atoms with Crippen molar-refractivity contribution in [3.8, 4) is 0 Å². The van der Waals surface area contributed by atoms with Gasteiger partial charge in [-0.2, -0.15) is 5.10 Å². The van der Waals surface area contributed by atoms with Crippen LogP contribution in [0, 0.1) is 0 Å². The van der Waals surface area contributed by atoms with E-state index in [0.29, 0.717) is 0 Å². The van der Waals surface area contributed by atoms with Gasteiger partial charge in [-0.25, -0.2) is 9.78 Å². The number of aromatic amines is 1. The minimum Gasteiger partial charge on any atom is -0.478 e. The SMILES string of the molecule is O=C(O)C=Cc1ccc(CSc2ncn[nH]2)s1. The molecule has 2 N–H and O–H groups in total. The van der Waals surface area contributed by atoms with Gasteiger partial charge in [0.1, 0.15) is 6.33 Å². The Morgan fingerprint density at radius 3 is 3.18 bits per heavy atom. The first kappa shape index (κ1) is 11.9. The van der Waals surface area contributed by atoms with Crippen molar-refractivity contribution in [1.82, 2.24) is 15.2 Å². The third-order valence-electron chi connectivity index (χ3n) is 1.82. The van der Waals surface area contributed by atoms with E-state index in [9.17, 15) is 4.79 Å². The lowest BCUT2D eigenvalue weighted by Crippen LogP contribution is -1.84. The first-order valence-electron chi connectivity index (χ1n) is 4.72. The molecule has 2 aromatic rings. The lowest BCUT2D eigenvalue weighted by Gasteiger charge is -1.92. The summed E-state index contributed by atoms with van der Waals surface area (Å²) in [5.74, 6) is -0.142. The van der Waals surface area contributed by atoms with E-state index in [2.05, 4.69) is 15.2 Å². The molecule has 88 valence electrons. The summed E-state index contributed by atoms with van der Waals surface area (Å²) in [6.07, 6.45) is 4.20. The molecule has 17 heavy (non-hydrogen) atoms. The van der Waals surface area contributed by atoms with Gasteiger partial charge in [-0.3, -0.25) is 5.10 Å². The van der Waals surface area contributed by atoms with Gasteiger partial charge in [-0.15, -0.1) is 11.3 Å². The van der Waals surface area contributed by atoms with Crippen molar-refractivity contribution in [2.75, 3.05) is 0 Å². The molecule has 0 aliphatic rings. The highest BCUT2D eigenvalue weighted by atomic mass is 32.2. The van der Waals surface area contributed by atoms with Crippen molar-refractivity contribution in [1.29, 1.82) is 0 Å². The Labute approximate surface area is 106 Å². The second-order valence-corrected chi connectivity index (χ2v) is 5.22. The molecule has 0 aliphatic carbocycles. The van der Waals surface area contributed by atoms with Gasteiger partial charge in [0.2, 0.25) is 0 Å². The van der Waals surface area contributed by atoms with Gasteiger partial charge < -0.3 is 5.11 Å². The number of carbonyl (C=O) groups is 1. The fourth-order valence-corrected chi connectivity index (χ4v) is 2.86. The number of carboxylic acids is 1. The van der Waals surface area contributed by atoms with E-state index in [1.807, 2.05) is 12.1 Å². The summed E-state index contributed by atoms with van der Waals surface area (Å²) in [4.78, 5) is 16.5. The van der Waals surface area contributed by atoms with Crippen molar-refractivity contribution in [3.63, 3.8) is 0 Å². The molecule has 2 heterocycles. The summed E-state index contributed by atoms with van der Waals surface area (Å²) in [6, 6.07) is 3.88. The van der Waals surface area contributed by atoms with E-state index in [-0.39, 0.29) is 0 Å². The first-order valence-corrected chi connectivity index (χ1v) is 6.52. The highest BCUT2D eigenvalue weighted by Gasteiger charge is 2.01. The zero-order valence-electron chi connectivity index (χ0n) is 8.66. The molecule has 0 saturated carbocycles. The van der Waals surface area contributed by atoms with Crippen LogP contribution in [0.4, 0.5) is 0 Å². The summed E-state index contributed by atoms with van der Waals surface area (Å²) in [5, 5.41) is 15.8. The molecule has 0 aliphatic heterocycles. The predicted octanol–water partition coefficient (Wildman–Crippen LogP) is 2.26. The van der Waals surface area contributed by atoms with E-state index >= 15 is 0 Å². The van der Waals surface area contributed by atoms with Crippen LogP contribution >= 0.6 is 23.1 Å². The largest absolute Gasteiger partial charge is 0.478 e. The van der Waals surface area contributed by atoms with Gasteiger partial charge in [0.05, 0.1) is 0 Å². The van der Waals surface area contributed by atoms with Gasteiger partial charge in [0.25, 0.3) is 0 Å². The molecular weight excluding hydrogens is 258 g/mol. The molecule has 0 saturated heterocycles. The predicted molar refractivity (Wildman–Crippen MR) is 66.9 cm³/mol. The Balaban J connectivity index is 1.92. The first-order chi connectivity index (χ1) is 8.24. The van der Waals surface area contributed by atoms with Crippen LogP contribution in [-0.2, 0) is 10.5 Å². The number of rotatable bonds is 5.